The summed E-state index contributed by atoms with van der Waals surface area (Å²) in [5.41, 5.74) is 0.260. The van der Waals surface area contributed by atoms with Crippen LogP contribution in [0.1, 0.15) is 32.2 Å². The Hall–Kier alpha value is -2.15. The van der Waals surface area contributed by atoms with Crippen LogP contribution < -0.4 is 0 Å². The van der Waals surface area contributed by atoms with E-state index in [4.69, 9.17) is 4.42 Å². The first-order valence-electron chi connectivity index (χ1n) is 6.71. The summed E-state index contributed by atoms with van der Waals surface area (Å²) >= 11 is 3.21. The topological polar surface area (TPSA) is 59.8 Å². The Morgan fingerprint density at radius 3 is 2.65 bits per heavy atom. The first-order chi connectivity index (χ1) is 10.8. The summed E-state index contributed by atoms with van der Waals surface area (Å²) in [6.07, 6.45) is 0. The van der Waals surface area contributed by atoms with E-state index in [1.807, 2.05) is 0 Å². The minimum atomic E-state index is -0.601. The molecule has 0 saturated heterocycles. The van der Waals surface area contributed by atoms with Crippen molar-refractivity contribution in [1.29, 1.82) is 0 Å². The number of benzene rings is 1. The maximum absolute atomic E-state index is 13.8. The van der Waals surface area contributed by atoms with Gasteiger partial charge in [0.15, 0.2) is 0 Å². The van der Waals surface area contributed by atoms with E-state index in [9.17, 15) is 14.0 Å². The lowest BCUT2D eigenvalue weighted by molar-refractivity contribution is 0.0598. The number of nitrogens with zero attached hydrogens (tertiary/aromatic N) is 1. The fourth-order valence-electron chi connectivity index (χ4n) is 2.11. The van der Waals surface area contributed by atoms with Crippen molar-refractivity contribution >= 4 is 27.8 Å². The van der Waals surface area contributed by atoms with Gasteiger partial charge in [-0.1, -0.05) is 15.9 Å². The number of ether oxygens (including phenoxy) is 1. The van der Waals surface area contributed by atoms with Gasteiger partial charge in [-0.05, 0) is 31.2 Å². The molecule has 0 fully saturated rings. The molecule has 0 unspecified atom stereocenters. The summed E-state index contributed by atoms with van der Waals surface area (Å²) in [6.45, 7) is 1.73. The van der Waals surface area contributed by atoms with Crippen LogP contribution in [0.5, 0.6) is 0 Å². The Morgan fingerprint density at radius 1 is 1.30 bits per heavy atom. The second-order valence-corrected chi connectivity index (χ2v) is 5.88. The number of methoxy groups -OCH3 is 1. The summed E-state index contributed by atoms with van der Waals surface area (Å²) in [5, 5.41) is 0. The van der Waals surface area contributed by atoms with E-state index in [1.165, 1.54) is 43.3 Å². The maximum Gasteiger partial charge on any atom is 0.341 e. The number of carbonyl (C=O) groups is 2. The Morgan fingerprint density at radius 2 is 2.00 bits per heavy atom. The van der Waals surface area contributed by atoms with Gasteiger partial charge in [0.2, 0.25) is 0 Å². The summed E-state index contributed by atoms with van der Waals surface area (Å²) in [5.74, 6) is -0.784. The van der Waals surface area contributed by atoms with Crippen LogP contribution in [-0.2, 0) is 11.3 Å². The molecule has 0 atom stereocenters. The average molecular weight is 384 g/mol. The zero-order chi connectivity index (χ0) is 17.1. The van der Waals surface area contributed by atoms with Gasteiger partial charge in [-0.15, -0.1) is 0 Å². The molecule has 1 aromatic heterocycles. The predicted octanol–water partition coefficient (Wildman–Crippen LogP) is 3.55. The molecule has 0 saturated carbocycles. The van der Waals surface area contributed by atoms with Gasteiger partial charge in [0.1, 0.15) is 22.9 Å². The molecule has 122 valence electrons. The largest absolute Gasteiger partial charge is 0.465 e. The van der Waals surface area contributed by atoms with E-state index in [0.29, 0.717) is 21.6 Å². The van der Waals surface area contributed by atoms with Crippen LogP contribution in [0.25, 0.3) is 0 Å². The highest BCUT2D eigenvalue weighted by molar-refractivity contribution is 9.10. The minimum Gasteiger partial charge on any atom is -0.465 e. The second-order valence-electron chi connectivity index (χ2n) is 4.96. The lowest BCUT2D eigenvalue weighted by Crippen LogP contribution is -2.26. The number of amides is 1. The number of hydrogen-bond acceptors (Lipinski definition) is 4. The molecule has 0 aliphatic carbocycles. The number of hydrogen-bond donors (Lipinski definition) is 0. The zero-order valence-corrected chi connectivity index (χ0v) is 14.4. The van der Waals surface area contributed by atoms with Crippen molar-refractivity contribution in [2.75, 3.05) is 14.2 Å². The van der Waals surface area contributed by atoms with Crippen LogP contribution in [-0.4, -0.2) is 30.9 Å². The van der Waals surface area contributed by atoms with Gasteiger partial charge in [-0.3, -0.25) is 4.79 Å². The molecule has 0 aliphatic rings. The summed E-state index contributed by atoms with van der Waals surface area (Å²) < 4.78 is 24.5. The minimum absolute atomic E-state index is 0.0432. The Balaban J connectivity index is 2.18. The van der Waals surface area contributed by atoms with Crippen molar-refractivity contribution in [3.63, 3.8) is 0 Å². The third kappa shape index (κ3) is 3.79. The van der Waals surface area contributed by atoms with Crippen LogP contribution in [0.4, 0.5) is 4.39 Å². The van der Waals surface area contributed by atoms with Gasteiger partial charge in [-0.25, -0.2) is 9.18 Å². The maximum atomic E-state index is 13.8. The van der Waals surface area contributed by atoms with E-state index < -0.39 is 17.7 Å². The number of rotatable bonds is 4. The normalized spacial score (nSPS) is 10.5. The van der Waals surface area contributed by atoms with Gasteiger partial charge in [0, 0.05) is 11.5 Å². The van der Waals surface area contributed by atoms with E-state index in [1.54, 1.807) is 6.92 Å². The van der Waals surface area contributed by atoms with Crippen molar-refractivity contribution in [1.82, 2.24) is 4.90 Å². The highest BCUT2D eigenvalue weighted by Gasteiger charge is 2.20. The van der Waals surface area contributed by atoms with E-state index in [0.717, 1.165) is 0 Å². The number of aryl methyl sites for hydroxylation is 1. The third-order valence-electron chi connectivity index (χ3n) is 3.27. The first-order valence-corrected chi connectivity index (χ1v) is 7.51. The lowest BCUT2D eigenvalue weighted by atomic mass is 10.2. The summed E-state index contributed by atoms with van der Waals surface area (Å²) in [7, 11) is 2.80. The van der Waals surface area contributed by atoms with Gasteiger partial charge < -0.3 is 14.1 Å². The molecule has 23 heavy (non-hydrogen) atoms. The fourth-order valence-corrected chi connectivity index (χ4v) is 2.47. The number of carbonyl (C=O) groups excluding carboxylic acids is 2. The Labute approximate surface area is 141 Å². The third-order valence-corrected chi connectivity index (χ3v) is 3.77. The van der Waals surface area contributed by atoms with Gasteiger partial charge in [0.05, 0.1) is 19.2 Å². The van der Waals surface area contributed by atoms with E-state index >= 15 is 0 Å². The molecule has 5 nitrogen and oxygen atoms in total. The van der Waals surface area contributed by atoms with Crippen molar-refractivity contribution in [3.05, 3.63) is 57.2 Å². The second kappa shape index (κ2) is 6.95. The molecule has 0 N–H and O–H groups in total. The summed E-state index contributed by atoms with van der Waals surface area (Å²) in [4.78, 5) is 25.2. The van der Waals surface area contributed by atoms with Crippen LogP contribution in [0.3, 0.4) is 0 Å². The molecule has 1 heterocycles. The molecule has 0 spiro atoms. The summed E-state index contributed by atoms with van der Waals surface area (Å²) in [6, 6.07) is 5.67. The number of halogens is 2. The van der Waals surface area contributed by atoms with Gasteiger partial charge >= 0.3 is 5.97 Å². The molecule has 7 heteroatoms. The number of esters is 1. The molecule has 2 aromatic rings. The van der Waals surface area contributed by atoms with Crippen molar-refractivity contribution in [2.45, 2.75) is 13.5 Å². The number of furan rings is 1. The van der Waals surface area contributed by atoms with Gasteiger partial charge in [0.25, 0.3) is 5.91 Å². The zero-order valence-electron chi connectivity index (χ0n) is 12.9. The highest BCUT2D eigenvalue weighted by atomic mass is 79.9. The standard InChI is InChI=1S/C16H15BrFNO4/c1-9-12(16(21)22-3)7-11(23-9)8-19(2)15(20)13-6-10(17)4-5-14(13)18/h4-7H,8H2,1-3H3. The monoisotopic (exact) mass is 383 g/mol. The molecular formula is C16H15BrFNO4. The molecule has 0 radical (unpaired) electrons. The molecule has 2 rings (SSSR count). The van der Waals surface area contributed by atoms with Crippen LogP contribution in [0, 0.1) is 12.7 Å². The van der Waals surface area contributed by atoms with E-state index in [-0.39, 0.29) is 12.1 Å². The van der Waals surface area contributed by atoms with Crippen molar-refractivity contribution in [2.24, 2.45) is 0 Å². The molecule has 1 aromatic carbocycles. The Bertz CT molecular complexity index is 757. The SMILES string of the molecule is COC(=O)c1cc(CN(C)C(=O)c2cc(Br)ccc2F)oc1C. The van der Waals surface area contributed by atoms with Crippen LogP contribution >= 0.6 is 15.9 Å². The van der Waals surface area contributed by atoms with Crippen LogP contribution in [0.2, 0.25) is 0 Å². The molecule has 0 aliphatic heterocycles. The molecular weight excluding hydrogens is 369 g/mol. The average Bonchev–Trinajstić information content (AvgIpc) is 2.88. The smallest absolute Gasteiger partial charge is 0.341 e. The van der Waals surface area contributed by atoms with Crippen LogP contribution in [0.15, 0.2) is 33.2 Å². The van der Waals surface area contributed by atoms with Gasteiger partial charge in [-0.2, -0.15) is 0 Å². The lowest BCUT2D eigenvalue weighted by Gasteiger charge is -2.16. The fraction of sp³-hybridized carbons (Fsp3) is 0.250. The predicted molar refractivity (Wildman–Crippen MR) is 84.7 cm³/mol. The Kier molecular flexibility index (Phi) is 5.20. The highest BCUT2D eigenvalue weighted by Crippen LogP contribution is 2.20. The van der Waals surface area contributed by atoms with E-state index in [2.05, 4.69) is 20.7 Å². The van der Waals surface area contributed by atoms with Crippen molar-refractivity contribution < 1.29 is 23.1 Å². The van der Waals surface area contributed by atoms with Crippen molar-refractivity contribution in [3.8, 4) is 0 Å². The molecule has 0 bridgehead atoms. The quantitative estimate of drug-likeness (QED) is 0.757. The first kappa shape index (κ1) is 17.2. The molecule has 1 amide bonds.